The molecule has 7 nitrogen and oxygen atoms in total. The molecule has 1 aliphatic carbocycles. The van der Waals surface area contributed by atoms with Gasteiger partial charge in [-0.15, -0.1) is 0 Å². The van der Waals surface area contributed by atoms with Crippen LogP contribution < -0.4 is 16.8 Å². The summed E-state index contributed by atoms with van der Waals surface area (Å²) in [7, 11) is 0. The van der Waals surface area contributed by atoms with Crippen LogP contribution in [0.1, 0.15) is 46.0 Å². The van der Waals surface area contributed by atoms with E-state index >= 15 is 0 Å². The normalized spacial score (nSPS) is 26.6. The predicted molar refractivity (Wildman–Crippen MR) is 130 cm³/mol. The third-order valence-corrected chi connectivity index (χ3v) is 6.41. The Morgan fingerprint density at radius 1 is 1.35 bits per heavy atom. The largest absolute Gasteiger partial charge is 0.383 e. The number of halogens is 2. The number of allylic oxidation sites excluding steroid dienone is 6. The molecule has 3 atom stereocenters. The monoisotopic (exact) mass is 475 g/mol. The lowest BCUT2D eigenvalue weighted by atomic mass is 10.0. The topological polar surface area (TPSA) is 106 Å². The molecule has 0 aromatic carbocycles. The van der Waals surface area contributed by atoms with Crippen LogP contribution in [0.3, 0.4) is 0 Å². The molecule has 186 valence electrons. The highest BCUT2D eigenvalue weighted by molar-refractivity contribution is 6.04. The Balaban J connectivity index is 1.65. The molecular weight excluding hydrogens is 440 g/mol. The zero-order valence-electron chi connectivity index (χ0n) is 19.9. The van der Waals surface area contributed by atoms with Gasteiger partial charge in [-0.3, -0.25) is 9.69 Å². The number of carbonyl (C=O) groups excluding carboxylic acids is 1. The summed E-state index contributed by atoms with van der Waals surface area (Å²) in [5.74, 6) is -1.12. The SMILES string of the molecule is C=C(CC)CCC1=C(C(N)=NC(C)=O)CN(C2COC(NC3=CC(F)=CCC=C3F)C(N)C2)C1. The molecular formula is C25H35F2N5O2. The number of ether oxygens (including phenoxy) is 1. The minimum absolute atomic E-state index is 0.0141. The fraction of sp³-hybridized carbons (Fsp3) is 0.520. The predicted octanol–water partition coefficient (Wildman–Crippen LogP) is 3.28. The molecule has 2 heterocycles. The number of amidine groups is 1. The summed E-state index contributed by atoms with van der Waals surface area (Å²) < 4.78 is 34.0. The lowest BCUT2D eigenvalue weighted by Crippen LogP contribution is -2.56. The van der Waals surface area contributed by atoms with Crippen LogP contribution in [0, 0.1) is 0 Å². The Morgan fingerprint density at radius 2 is 2.12 bits per heavy atom. The van der Waals surface area contributed by atoms with E-state index in [1.165, 1.54) is 19.1 Å². The van der Waals surface area contributed by atoms with Crippen molar-refractivity contribution in [2.24, 2.45) is 16.5 Å². The average molecular weight is 476 g/mol. The van der Waals surface area contributed by atoms with E-state index in [9.17, 15) is 13.6 Å². The minimum Gasteiger partial charge on any atom is -0.383 e. The summed E-state index contributed by atoms with van der Waals surface area (Å²) in [6.45, 7) is 9.14. The molecule has 1 amide bonds. The Bertz CT molecular complexity index is 966. The summed E-state index contributed by atoms with van der Waals surface area (Å²) in [5, 5.41) is 2.91. The van der Waals surface area contributed by atoms with E-state index in [2.05, 4.69) is 28.7 Å². The second-order valence-corrected chi connectivity index (χ2v) is 8.99. The van der Waals surface area contributed by atoms with Gasteiger partial charge in [0.2, 0.25) is 5.91 Å². The fourth-order valence-electron chi connectivity index (χ4n) is 4.37. The molecule has 3 unspecified atom stereocenters. The summed E-state index contributed by atoms with van der Waals surface area (Å²) >= 11 is 0. The first-order valence-electron chi connectivity index (χ1n) is 11.7. The average Bonchev–Trinajstić information content (AvgIpc) is 3.15. The number of nitrogens with one attached hydrogen (secondary N) is 1. The first-order valence-corrected chi connectivity index (χ1v) is 11.7. The third kappa shape index (κ3) is 6.71. The van der Waals surface area contributed by atoms with Crippen molar-refractivity contribution in [3.05, 3.63) is 58.9 Å². The van der Waals surface area contributed by atoms with Gasteiger partial charge in [0.15, 0.2) is 0 Å². The van der Waals surface area contributed by atoms with Crippen LogP contribution in [-0.4, -0.2) is 54.7 Å². The number of aliphatic imine (C=N–C) groups is 1. The highest BCUT2D eigenvalue weighted by atomic mass is 19.1. The summed E-state index contributed by atoms with van der Waals surface area (Å²) in [6.07, 6.45) is 6.44. The molecule has 1 saturated heterocycles. The molecule has 0 bridgehead atoms. The highest BCUT2D eigenvalue weighted by Gasteiger charge is 2.36. The summed E-state index contributed by atoms with van der Waals surface area (Å²) in [4.78, 5) is 17.7. The van der Waals surface area contributed by atoms with Crippen molar-refractivity contribution in [2.75, 3.05) is 19.7 Å². The summed E-state index contributed by atoms with van der Waals surface area (Å²) in [6, 6.07) is -0.418. The van der Waals surface area contributed by atoms with E-state index in [-0.39, 0.29) is 29.9 Å². The van der Waals surface area contributed by atoms with Gasteiger partial charge < -0.3 is 21.5 Å². The molecule has 3 rings (SSSR count). The Morgan fingerprint density at radius 3 is 2.79 bits per heavy atom. The number of rotatable bonds is 8. The van der Waals surface area contributed by atoms with Gasteiger partial charge in [0.25, 0.3) is 0 Å². The van der Waals surface area contributed by atoms with Gasteiger partial charge >= 0.3 is 0 Å². The van der Waals surface area contributed by atoms with E-state index in [4.69, 9.17) is 16.2 Å². The van der Waals surface area contributed by atoms with Crippen LogP contribution >= 0.6 is 0 Å². The second-order valence-electron chi connectivity index (χ2n) is 8.99. The van der Waals surface area contributed by atoms with Crippen molar-refractivity contribution in [3.8, 4) is 0 Å². The van der Waals surface area contributed by atoms with Gasteiger partial charge in [-0.2, -0.15) is 4.99 Å². The van der Waals surface area contributed by atoms with Crippen LogP contribution in [0.15, 0.2) is 63.9 Å². The maximum absolute atomic E-state index is 14.3. The van der Waals surface area contributed by atoms with Gasteiger partial charge in [-0.05, 0) is 55.9 Å². The van der Waals surface area contributed by atoms with Crippen LogP contribution in [0.5, 0.6) is 0 Å². The lowest BCUT2D eigenvalue weighted by molar-refractivity contribution is -0.115. The second kappa shape index (κ2) is 11.7. The molecule has 34 heavy (non-hydrogen) atoms. The maximum Gasteiger partial charge on any atom is 0.244 e. The lowest BCUT2D eigenvalue weighted by Gasteiger charge is -2.39. The van der Waals surface area contributed by atoms with Gasteiger partial charge in [0, 0.05) is 31.6 Å². The minimum atomic E-state index is -0.640. The molecule has 0 spiro atoms. The molecule has 5 N–H and O–H groups in total. The molecule has 9 heteroatoms. The molecule has 3 aliphatic rings. The Labute approximate surface area is 200 Å². The molecule has 0 radical (unpaired) electrons. The van der Waals surface area contributed by atoms with Crippen molar-refractivity contribution >= 4 is 11.7 Å². The van der Waals surface area contributed by atoms with Crippen molar-refractivity contribution < 1.29 is 18.3 Å². The molecule has 2 aliphatic heterocycles. The van der Waals surface area contributed by atoms with Crippen LogP contribution in [-0.2, 0) is 9.53 Å². The van der Waals surface area contributed by atoms with E-state index < -0.39 is 23.9 Å². The number of hydrogen-bond acceptors (Lipinski definition) is 5. The Kier molecular flexibility index (Phi) is 8.93. The fourth-order valence-corrected chi connectivity index (χ4v) is 4.37. The van der Waals surface area contributed by atoms with Gasteiger partial charge in [0.05, 0.1) is 18.3 Å². The standard InChI is InChI=1S/C25H35F2N5O2/c1-4-15(2)8-9-17-12-32(13-20(17)24(29)30-16(3)33)19-11-22(28)25(34-14-19)31-23-10-18(26)6-5-7-21(23)27/h6-7,10,19,22,25,31H,2,4-5,8-9,11-14,28H2,1,3H3,(H2,29,30,33). The van der Waals surface area contributed by atoms with Gasteiger partial charge in [-0.25, -0.2) is 8.78 Å². The zero-order chi connectivity index (χ0) is 24.8. The zero-order valence-corrected chi connectivity index (χ0v) is 19.9. The van der Waals surface area contributed by atoms with Crippen LogP contribution in [0.2, 0.25) is 0 Å². The molecule has 1 fully saturated rings. The molecule has 0 aromatic rings. The van der Waals surface area contributed by atoms with E-state index in [0.717, 1.165) is 42.1 Å². The number of carbonyl (C=O) groups is 1. The quantitative estimate of drug-likeness (QED) is 0.283. The van der Waals surface area contributed by atoms with E-state index in [1.807, 2.05) is 0 Å². The van der Waals surface area contributed by atoms with Crippen LogP contribution in [0.4, 0.5) is 8.78 Å². The van der Waals surface area contributed by atoms with Crippen LogP contribution in [0.25, 0.3) is 0 Å². The number of amides is 1. The van der Waals surface area contributed by atoms with Crippen molar-refractivity contribution in [1.29, 1.82) is 0 Å². The number of nitrogens with zero attached hydrogens (tertiary/aromatic N) is 2. The van der Waals surface area contributed by atoms with Crippen molar-refractivity contribution in [1.82, 2.24) is 10.2 Å². The van der Waals surface area contributed by atoms with Crippen molar-refractivity contribution in [3.63, 3.8) is 0 Å². The first-order chi connectivity index (χ1) is 16.2. The van der Waals surface area contributed by atoms with E-state index in [0.29, 0.717) is 26.1 Å². The van der Waals surface area contributed by atoms with Gasteiger partial charge in [0.1, 0.15) is 23.7 Å². The number of nitrogens with two attached hydrogens (primary N) is 2. The first kappa shape index (κ1) is 26.0. The van der Waals surface area contributed by atoms with Gasteiger partial charge in [-0.1, -0.05) is 19.1 Å². The maximum atomic E-state index is 14.3. The number of hydrogen-bond donors (Lipinski definition) is 3. The van der Waals surface area contributed by atoms with E-state index in [1.54, 1.807) is 0 Å². The smallest absolute Gasteiger partial charge is 0.244 e. The Hall–Kier alpha value is -2.62. The highest BCUT2D eigenvalue weighted by Crippen LogP contribution is 2.29. The van der Waals surface area contributed by atoms with Crippen molar-refractivity contribution in [2.45, 2.75) is 64.3 Å². The molecule has 0 aromatic heterocycles. The summed E-state index contributed by atoms with van der Waals surface area (Å²) in [5.41, 5.74) is 15.8. The third-order valence-electron chi connectivity index (χ3n) is 6.41. The molecule has 0 saturated carbocycles.